The molecule has 1 aromatic rings. The summed E-state index contributed by atoms with van der Waals surface area (Å²) >= 11 is 0. The van der Waals surface area contributed by atoms with Gasteiger partial charge in [-0.2, -0.15) is 5.10 Å². The largest absolute Gasteiger partial charge is 0.308 e. The Balaban J connectivity index is 2.50. The van der Waals surface area contributed by atoms with Gasteiger partial charge in [-0.3, -0.25) is 4.68 Å². The molecule has 0 aromatic carbocycles. The smallest absolute Gasteiger partial charge is 0.0522 e. The SMILES string of the molecule is CCn1nccc1CNC(C)C(C)(C)C. The van der Waals surface area contributed by atoms with E-state index in [-0.39, 0.29) is 0 Å². The Bertz CT molecular complexity index is 296. The molecule has 0 radical (unpaired) electrons. The number of aromatic nitrogens is 2. The summed E-state index contributed by atoms with van der Waals surface area (Å²) in [6, 6.07) is 2.57. The van der Waals surface area contributed by atoms with Gasteiger partial charge in [0.2, 0.25) is 0 Å². The molecule has 0 aliphatic heterocycles. The van der Waals surface area contributed by atoms with Crippen molar-refractivity contribution >= 4 is 0 Å². The Morgan fingerprint density at radius 1 is 1.47 bits per heavy atom. The summed E-state index contributed by atoms with van der Waals surface area (Å²) in [5, 5.41) is 7.79. The van der Waals surface area contributed by atoms with Crippen LogP contribution in [-0.4, -0.2) is 15.8 Å². The van der Waals surface area contributed by atoms with Crippen LogP contribution in [0.25, 0.3) is 0 Å². The average molecular weight is 209 g/mol. The first kappa shape index (κ1) is 12.2. The van der Waals surface area contributed by atoms with Gasteiger partial charge in [0.25, 0.3) is 0 Å². The summed E-state index contributed by atoms with van der Waals surface area (Å²) < 4.78 is 2.03. The van der Waals surface area contributed by atoms with Crippen molar-refractivity contribution in [2.45, 2.75) is 53.8 Å². The number of hydrogen-bond donors (Lipinski definition) is 1. The van der Waals surface area contributed by atoms with Gasteiger partial charge >= 0.3 is 0 Å². The van der Waals surface area contributed by atoms with Crippen molar-refractivity contribution in [3.8, 4) is 0 Å². The molecule has 1 N–H and O–H groups in total. The second-order valence-corrected chi connectivity index (χ2v) is 5.11. The average Bonchev–Trinajstić information content (AvgIpc) is 2.59. The normalized spacial score (nSPS) is 14.2. The molecule has 1 rings (SSSR count). The van der Waals surface area contributed by atoms with E-state index in [0.29, 0.717) is 11.5 Å². The summed E-state index contributed by atoms with van der Waals surface area (Å²) in [6.07, 6.45) is 1.86. The van der Waals surface area contributed by atoms with E-state index in [1.807, 2.05) is 10.9 Å². The Hall–Kier alpha value is -0.830. The van der Waals surface area contributed by atoms with Crippen molar-refractivity contribution in [2.24, 2.45) is 5.41 Å². The van der Waals surface area contributed by atoms with E-state index in [9.17, 15) is 0 Å². The fraction of sp³-hybridized carbons (Fsp3) is 0.750. The van der Waals surface area contributed by atoms with Crippen LogP contribution in [0.2, 0.25) is 0 Å². The van der Waals surface area contributed by atoms with E-state index in [1.165, 1.54) is 5.69 Å². The lowest BCUT2D eigenvalue weighted by Gasteiger charge is -2.28. The third-order valence-electron chi connectivity index (χ3n) is 2.99. The zero-order valence-corrected chi connectivity index (χ0v) is 10.5. The second kappa shape index (κ2) is 4.79. The van der Waals surface area contributed by atoms with Gasteiger partial charge in [0.05, 0.1) is 5.69 Å². The minimum Gasteiger partial charge on any atom is -0.308 e. The molecule has 1 aromatic heterocycles. The van der Waals surface area contributed by atoms with Crippen LogP contribution in [0.1, 0.15) is 40.3 Å². The maximum absolute atomic E-state index is 4.25. The minimum absolute atomic E-state index is 0.303. The van der Waals surface area contributed by atoms with Gasteiger partial charge in [-0.1, -0.05) is 20.8 Å². The number of nitrogens with zero attached hydrogens (tertiary/aromatic N) is 2. The molecule has 0 saturated heterocycles. The van der Waals surface area contributed by atoms with Crippen molar-refractivity contribution in [3.05, 3.63) is 18.0 Å². The third kappa shape index (κ3) is 3.34. The Kier molecular flexibility index (Phi) is 3.91. The lowest BCUT2D eigenvalue weighted by Crippen LogP contribution is -2.37. The topological polar surface area (TPSA) is 29.9 Å². The zero-order valence-electron chi connectivity index (χ0n) is 10.5. The van der Waals surface area contributed by atoms with Crippen LogP contribution < -0.4 is 5.32 Å². The standard InChI is InChI=1S/C12H23N3/c1-6-15-11(7-8-14-15)9-13-10(2)12(3,4)5/h7-8,10,13H,6,9H2,1-5H3. The molecule has 3 heteroatoms. The number of aryl methyl sites for hydroxylation is 1. The van der Waals surface area contributed by atoms with E-state index < -0.39 is 0 Å². The molecular formula is C12H23N3. The lowest BCUT2D eigenvalue weighted by atomic mass is 9.88. The number of nitrogens with one attached hydrogen (secondary N) is 1. The molecule has 0 aliphatic rings. The molecule has 0 fully saturated rings. The highest BCUT2D eigenvalue weighted by molar-refractivity contribution is 5.00. The van der Waals surface area contributed by atoms with E-state index in [1.54, 1.807) is 0 Å². The summed E-state index contributed by atoms with van der Waals surface area (Å²) in [5.41, 5.74) is 1.56. The third-order valence-corrected chi connectivity index (χ3v) is 2.99. The van der Waals surface area contributed by atoms with Gasteiger partial charge in [-0.15, -0.1) is 0 Å². The summed E-state index contributed by atoms with van der Waals surface area (Å²) in [7, 11) is 0. The first-order valence-electron chi connectivity index (χ1n) is 5.69. The van der Waals surface area contributed by atoms with Crippen molar-refractivity contribution in [1.29, 1.82) is 0 Å². The molecule has 0 saturated carbocycles. The second-order valence-electron chi connectivity index (χ2n) is 5.11. The van der Waals surface area contributed by atoms with E-state index >= 15 is 0 Å². The molecule has 1 unspecified atom stereocenters. The Morgan fingerprint density at radius 2 is 2.13 bits per heavy atom. The van der Waals surface area contributed by atoms with Gasteiger partial charge < -0.3 is 5.32 Å². The molecule has 0 amide bonds. The van der Waals surface area contributed by atoms with E-state index in [4.69, 9.17) is 0 Å². The summed E-state index contributed by atoms with van der Waals surface area (Å²) in [5.74, 6) is 0. The van der Waals surface area contributed by atoms with Crippen molar-refractivity contribution in [3.63, 3.8) is 0 Å². The maximum Gasteiger partial charge on any atom is 0.0522 e. The fourth-order valence-electron chi connectivity index (χ4n) is 1.36. The van der Waals surface area contributed by atoms with E-state index in [2.05, 4.69) is 51.1 Å². The van der Waals surface area contributed by atoms with E-state index in [0.717, 1.165) is 13.1 Å². The molecular weight excluding hydrogens is 186 g/mol. The highest BCUT2D eigenvalue weighted by Gasteiger charge is 2.19. The van der Waals surface area contributed by atoms with Crippen molar-refractivity contribution in [2.75, 3.05) is 0 Å². The molecule has 0 bridgehead atoms. The zero-order chi connectivity index (χ0) is 11.5. The van der Waals surface area contributed by atoms with Gasteiger partial charge in [-0.05, 0) is 25.3 Å². The lowest BCUT2D eigenvalue weighted by molar-refractivity contribution is 0.283. The number of hydrogen-bond acceptors (Lipinski definition) is 2. The first-order chi connectivity index (χ1) is 6.95. The molecule has 86 valence electrons. The first-order valence-corrected chi connectivity index (χ1v) is 5.69. The molecule has 15 heavy (non-hydrogen) atoms. The highest BCUT2D eigenvalue weighted by Crippen LogP contribution is 2.18. The number of rotatable bonds is 4. The molecule has 1 heterocycles. The fourth-order valence-corrected chi connectivity index (χ4v) is 1.36. The molecule has 0 spiro atoms. The van der Waals surface area contributed by atoms with Crippen LogP contribution in [-0.2, 0) is 13.1 Å². The summed E-state index contributed by atoms with van der Waals surface area (Å²) in [4.78, 5) is 0. The van der Waals surface area contributed by atoms with Gasteiger partial charge in [-0.25, -0.2) is 0 Å². The van der Waals surface area contributed by atoms with Crippen molar-refractivity contribution < 1.29 is 0 Å². The van der Waals surface area contributed by atoms with Gasteiger partial charge in [0, 0.05) is 25.3 Å². The van der Waals surface area contributed by atoms with Crippen LogP contribution >= 0.6 is 0 Å². The monoisotopic (exact) mass is 209 g/mol. The molecule has 3 nitrogen and oxygen atoms in total. The van der Waals surface area contributed by atoms with Crippen LogP contribution in [0.3, 0.4) is 0 Å². The minimum atomic E-state index is 0.303. The Labute approximate surface area is 92.9 Å². The van der Waals surface area contributed by atoms with Crippen LogP contribution in [0.5, 0.6) is 0 Å². The van der Waals surface area contributed by atoms with Gasteiger partial charge in [0.15, 0.2) is 0 Å². The van der Waals surface area contributed by atoms with Gasteiger partial charge in [0.1, 0.15) is 0 Å². The van der Waals surface area contributed by atoms with Crippen molar-refractivity contribution in [1.82, 2.24) is 15.1 Å². The molecule has 1 atom stereocenters. The predicted molar refractivity (Wildman–Crippen MR) is 63.7 cm³/mol. The highest BCUT2D eigenvalue weighted by atomic mass is 15.3. The van der Waals surface area contributed by atoms with Crippen LogP contribution in [0.15, 0.2) is 12.3 Å². The maximum atomic E-state index is 4.25. The molecule has 0 aliphatic carbocycles. The van der Waals surface area contributed by atoms with Crippen LogP contribution in [0.4, 0.5) is 0 Å². The Morgan fingerprint density at radius 3 is 2.67 bits per heavy atom. The van der Waals surface area contributed by atoms with Crippen LogP contribution in [0, 0.1) is 5.41 Å². The quantitative estimate of drug-likeness (QED) is 0.825. The summed E-state index contributed by atoms with van der Waals surface area (Å²) in [6.45, 7) is 12.9. The predicted octanol–water partition coefficient (Wildman–Crippen LogP) is 2.43.